The number of hydrogen-bond acceptors (Lipinski definition) is 3. The molecular formula is C7H15N3O. The average molecular weight is 157 g/mol. The van der Waals surface area contributed by atoms with Crippen LogP contribution in [0, 0.1) is 0 Å². The molecule has 0 saturated heterocycles. The molecule has 4 nitrogen and oxygen atoms in total. The smallest absolute Gasteiger partial charge is 0.237 e. The third-order valence-corrected chi connectivity index (χ3v) is 1.94. The maximum absolute atomic E-state index is 11.1. The highest BCUT2D eigenvalue weighted by molar-refractivity contribution is 5.82. The van der Waals surface area contributed by atoms with Crippen LogP contribution in [-0.4, -0.2) is 24.0 Å². The zero-order chi connectivity index (χ0) is 8.43. The van der Waals surface area contributed by atoms with E-state index in [-0.39, 0.29) is 24.0 Å². The van der Waals surface area contributed by atoms with E-state index in [0.29, 0.717) is 6.42 Å². The van der Waals surface area contributed by atoms with E-state index in [1.807, 2.05) is 6.92 Å². The van der Waals surface area contributed by atoms with Gasteiger partial charge >= 0.3 is 0 Å². The summed E-state index contributed by atoms with van der Waals surface area (Å²) in [5, 5.41) is 2.77. The van der Waals surface area contributed by atoms with Gasteiger partial charge in [-0.15, -0.1) is 0 Å². The van der Waals surface area contributed by atoms with Gasteiger partial charge in [0.05, 0.1) is 6.04 Å². The number of hydrogen-bond donors (Lipinski definition) is 3. The lowest BCUT2D eigenvalue weighted by atomic mass is 10.2. The molecule has 0 bridgehead atoms. The maximum Gasteiger partial charge on any atom is 0.237 e. The highest BCUT2D eigenvalue weighted by atomic mass is 16.2. The molecule has 0 spiro atoms. The first-order valence-electron chi connectivity index (χ1n) is 3.96. The van der Waals surface area contributed by atoms with Gasteiger partial charge in [-0.2, -0.15) is 0 Å². The Morgan fingerprint density at radius 3 is 2.73 bits per heavy atom. The van der Waals surface area contributed by atoms with Crippen molar-refractivity contribution < 1.29 is 4.79 Å². The molecule has 64 valence electrons. The average Bonchev–Trinajstić information content (AvgIpc) is 2.65. The lowest BCUT2D eigenvalue weighted by molar-refractivity contribution is -0.122. The summed E-state index contributed by atoms with van der Waals surface area (Å²) in [7, 11) is 0. The second kappa shape index (κ2) is 3.19. The predicted molar refractivity (Wildman–Crippen MR) is 42.8 cm³/mol. The number of amides is 1. The lowest BCUT2D eigenvalue weighted by Gasteiger charge is -2.08. The molecule has 1 amide bonds. The number of carbonyl (C=O) groups excluding carboxylic acids is 1. The molecule has 0 radical (unpaired) electrons. The highest BCUT2D eigenvalue weighted by Crippen LogP contribution is 2.17. The lowest BCUT2D eigenvalue weighted by Crippen LogP contribution is -2.42. The first kappa shape index (κ1) is 8.49. The van der Waals surface area contributed by atoms with E-state index in [4.69, 9.17) is 11.5 Å². The van der Waals surface area contributed by atoms with Crippen LogP contribution >= 0.6 is 0 Å². The van der Waals surface area contributed by atoms with Crippen LogP contribution in [-0.2, 0) is 4.79 Å². The Labute approximate surface area is 66.3 Å². The number of carbonyl (C=O) groups is 1. The first-order chi connectivity index (χ1) is 5.15. The van der Waals surface area contributed by atoms with Gasteiger partial charge in [0, 0.05) is 12.1 Å². The summed E-state index contributed by atoms with van der Waals surface area (Å²) >= 11 is 0. The Morgan fingerprint density at radius 1 is 1.82 bits per heavy atom. The fourth-order valence-corrected chi connectivity index (χ4v) is 0.856. The van der Waals surface area contributed by atoms with Crippen LogP contribution in [0.1, 0.15) is 19.8 Å². The zero-order valence-electron chi connectivity index (χ0n) is 6.71. The monoisotopic (exact) mass is 157 g/mol. The Bertz CT molecular complexity index is 160. The quantitative estimate of drug-likeness (QED) is 0.488. The van der Waals surface area contributed by atoms with Crippen LogP contribution in [0.4, 0.5) is 0 Å². The molecule has 0 heterocycles. The number of nitrogens with one attached hydrogen (secondary N) is 1. The minimum atomic E-state index is -0.372. The summed E-state index contributed by atoms with van der Waals surface area (Å²) in [6.07, 6.45) is 1.57. The zero-order valence-corrected chi connectivity index (χ0v) is 6.71. The van der Waals surface area contributed by atoms with E-state index in [0.717, 1.165) is 6.42 Å². The van der Waals surface area contributed by atoms with Crippen molar-refractivity contribution in [2.75, 3.05) is 0 Å². The van der Waals surface area contributed by atoms with E-state index >= 15 is 0 Å². The van der Waals surface area contributed by atoms with Gasteiger partial charge in [-0.25, -0.2) is 0 Å². The highest BCUT2D eigenvalue weighted by Gasteiger charge is 2.35. The van der Waals surface area contributed by atoms with Crippen molar-refractivity contribution in [3.63, 3.8) is 0 Å². The van der Waals surface area contributed by atoms with Gasteiger partial charge in [-0.05, 0) is 12.8 Å². The van der Waals surface area contributed by atoms with Gasteiger partial charge < -0.3 is 16.8 Å². The fourth-order valence-electron chi connectivity index (χ4n) is 0.856. The molecule has 1 rings (SSSR count). The largest absolute Gasteiger partial charge is 0.350 e. The summed E-state index contributed by atoms with van der Waals surface area (Å²) in [6.45, 7) is 1.89. The molecule has 1 aliphatic carbocycles. The van der Waals surface area contributed by atoms with Gasteiger partial charge in [0.15, 0.2) is 0 Å². The summed E-state index contributed by atoms with van der Waals surface area (Å²) in [5.41, 5.74) is 11.0. The Hall–Kier alpha value is -0.610. The summed E-state index contributed by atoms with van der Waals surface area (Å²) in [6, 6.07) is -0.0362. The van der Waals surface area contributed by atoms with Gasteiger partial charge in [0.1, 0.15) is 0 Å². The van der Waals surface area contributed by atoms with Crippen molar-refractivity contribution >= 4 is 5.91 Å². The number of rotatable bonds is 3. The van der Waals surface area contributed by atoms with E-state index in [2.05, 4.69) is 5.32 Å². The minimum absolute atomic E-state index is 0.0783. The number of nitrogens with two attached hydrogens (primary N) is 2. The Balaban J connectivity index is 2.21. The minimum Gasteiger partial charge on any atom is -0.350 e. The van der Waals surface area contributed by atoms with Crippen molar-refractivity contribution in [2.45, 2.75) is 37.9 Å². The Morgan fingerprint density at radius 2 is 2.36 bits per heavy atom. The molecule has 0 aliphatic heterocycles. The normalized spacial score (nSPS) is 31.2. The first-order valence-corrected chi connectivity index (χ1v) is 3.96. The van der Waals surface area contributed by atoms with Crippen molar-refractivity contribution in [3.8, 4) is 0 Å². The molecule has 0 aromatic rings. The molecular weight excluding hydrogens is 142 g/mol. The molecule has 3 unspecified atom stereocenters. The van der Waals surface area contributed by atoms with Gasteiger partial charge in [0.2, 0.25) is 5.91 Å². The van der Waals surface area contributed by atoms with Gasteiger partial charge in [0.25, 0.3) is 0 Å². The third kappa shape index (κ3) is 2.17. The molecule has 1 aliphatic rings. The van der Waals surface area contributed by atoms with Crippen molar-refractivity contribution in [2.24, 2.45) is 11.5 Å². The molecule has 11 heavy (non-hydrogen) atoms. The van der Waals surface area contributed by atoms with Crippen LogP contribution in [0.3, 0.4) is 0 Å². The van der Waals surface area contributed by atoms with E-state index in [1.54, 1.807) is 0 Å². The summed E-state index contributed by atoms with van der Waals surface area (Å²) < 4.78 is 0. The topological polar surface area (TPSA) is 81.1 Å². The molecule has 0 aromatic heterocycles. The molecule has 3 atom stereocenters. The molecule has 4 heteroatoms. The third-order valence-electron chi connectivity index (χ3n) is 1.94. The summed E-state index contributed by atoms with van der Waals surface area (Å²) in [5.74, 6) is -0.0783. The molecule has 1 fully saturated rings. The van der Waals surface area contributed by atoms with Crippen molar-refractivity contribution in [3.05, 3.63) is 0 Å². The fraction of sp³-hybridized carbons (Fsp3) is 0.857. The van der Waals surface area contributed by atoms with Gasteiger partial charge in [-0.3, -0.25) is 4.79 Å². The van der Waals surface area contributed by atoms with Crippen LogP contribution < -0.4 is 16.8 Å². The van der Waals surface area contributed by atoms with Gasteiger partial charge in [-0.1, -0.05) is 6.92 Å². The SMILES string of the molecule is CCC(N)C(=O)NC1CC1N. The van der Waals surface area contributed by atoms with Crippen molar-refractivity contribution in [1.29, 1.82) is 0 Å². The van der Waals surface area contributed by atoms with E-state index in [1.165, 1.54) is 0 Å². The Kier molecular flexibility index (Phi) is 2.46. The van der Waals surface area contributed by atoms with Crippen molar-refractivity contribution in [1.82, 2.24) is 5.32 Å². The van der Waals surface area contributed by atoms with Crippen LogP contribution in [0.5, 0.6) is 0 Å². The van der Waals surface area contributed by atoms with Crippen LogP contribution in [0.15, 0.2) is 0 Å². The summed E-state index contributed by atoms with van der Waals surface area (Å²) in [4.78, 5) is 11.1. The van der Waals surface area contributed by atoms with E-state index < -0.39 is 0 Å². The maximum atomic E-state index is 11.1. The standard InChI is InChI=1S/C7H15N3O/c1-2-4(8)7(11)10-6-3-5(6)9/h4-6H,2-3,8-9H2,1H3,(H,10,11). The molecule has 5 N–H and O–H groups in total. The second-order valence-corrected chi connectivity index (χ2v) is 3.03. The van der Waals surface area contributed by atoms with Crippen LogP contribution in [0.25, 0.3) is 0 Å². The van der Waals surface area contributed by atoms with Crippen LogP contribution in [0.2, 0.25) is 0 Å². The molecule has 1 saturated carbocycles. The van der Waals surface area contributed by atoms with E-state index in [9.17, 15) is 4.79 Å². The predicted octanol–water partition coefficient (Wildman–Crippen LogP) is -1.06. The second-order valence-electron chi connectivity index (χ2n) is 3.03. The molecule has 0 aromatic carbocycles.